The van der Waals surface area contributed by atoms with Gasteiger partial charge in [0.1, 0.15) is 0 Å². The molecule has 2 heterocycles. The van der Waals surface area contributed by atoms with Gasteiger partial charge in [0, 0.05) is 13.1 Å². The van der Waals surface area contributed by atoms with Gasteiger partial charge < -0.3 is 14.6 Å². The zero-order chi connectivity index (χ0) is 9.10. The van der Waals surface area contributed by atoms with E-state index in [4.69, 9.17) is 9.26 Å². The molecule has 1 fully saturated rings. The van der Waals surface area contributed by atoms with Crippen molar-refractivity contribution in [3.05, 3.63) is 11.7 Å². The molecule has 1 N–H and O–H groups in total. The van der Waals surface area contributed by atoms with E-state index in [0.717, 1.165) is 19.7 Å². The van der Waals surface area contributed by atoms with Crippen molar-refractivity contribution >= 4 is 0 Å². The molecule has 5 heteroatoms. The minimum absolute atomic E-state index is 0.198. The van der Waals surface area contributed by atoms with Crippen LogP contribution in [0.25, 0.3) is 0 Å². The van der Waals surface area contributed by atoms with Crippen LogP contribution >= 0.6 is 0 Å². The summed E-state index contributed by atoms with van der Waals surface area (Å²) in [6.07, 6.45) is 0. The lowest BCUT2D eigenvalue weighted by Gasteiger charge is -2.06. The summed E-state index contributed by atoms with van der Waals surface area (Å²) in [5, 5.41) is 7.01. The molecule has 0 amide bonds. The summed E-state index contributed by atoms with van der Waals surface area (Å²) in [6, 6.07) is 0. The van der Waals surface area contributed by atoms with Gasteiger partial charge in [-0.25, -0.2) is 0 Å². The van der Waals surface area contributed by atoms with Gasteiger partial charge in [-0.05, 0) is 6.92 Å². The Balaban J connectivity index is 2.06. The van der Waals surface area contributed by atoms with E-state index in [2.05, 4.69) is 15.5 Å². The number of nitrogens with one attached hydrogen (secondary N) is 1. The minimum atomic E-state index is 0.198. The monoisotopic (exact) mass is 183 g/mol. The standard InChI is InChI=1S/C8H13N3O2/c1-6-10-8(13-11-6)7-4-9-2-3-12-5-7/h7,9H,2-5H2,1H3. The van der Waals surface area contributed by atoms with Gasteiger partial charge in [0.25, 0.3) is 0 Å². The molecule has 5 nitrogen and oxygen atoms in total. The third-order valence-corrected chi connectivity index (χ3v) is 2.03. The Morgan fingerprint density at radius 3 is 3.23 bits per heavy atom. The average Bonchev–Trinajstić information content (AvgIpc) is 2.43. The van der Waals surface area contributed by atoms with Crippen LogP contribution in [0.5, 0.6) is 0 Å². The highest BCUT2D eigenvalue weighted by Crippen LogP contribution is 2.14. The van der Waals surface area contributed by atoms with E-state index >= 15 is 0 Å². The van der Waals surface area contributed by atoms with Gasteiger partial charge in [0.05, 0.1) is 19.1 Å². The lowest BCUT2D eigenvalue weighted by Crippen LogP contribution is -2.21. The molecular weight excluding hydrogens is 170 g/mol. The second-order valence-electron chi connectivity index (χ2n) is 3.16. The van der Waals surface area contributed by atoms with Crippen molar-refractivity contribution in [1.82, 2.24) is 15.5 Å². The minimum Gasteiger partial charge on any atom is -0.379 e. The smallest absolute Gasteiger partial charge is 0.233 e. The van der Waals surface area contributed by atoms with Gasteiger partial charge in [0.2, 0.25) is 5.89 Å². The number of hydrogen-bond acceptors (Lipinski definition) is 5. The summed E-state index contributed by atoms with van der Waals surface area (Å²) >= 11 is 0. The first kappa shape index (κ1) is 8.65. The number of hydrogen-bond donors (Lipinski definition) is 1. The first-order valence-corrected chi connectivity index (χ1v) is 4.45. The molecule has 1 atom stereocenters. The molecule has 0 saturated carbocycles. The van der Waals surface area contributed by atoms with Crippen LogP contribution in [-0.4, -0.2) is 36.4 Å². The van der Waals surface area contributed by atoms with Crippen LogP contribution in [0.1, 0.15) is 17.6 Å². The lowest BCUT2D eigenvalue weighted by atomic mass is 10.1. The first-order valence-electron chi connectivity index (χ1n) is 4.45. The summed E-state index contributed by atoms with van der Waals surface area (Å²) < 4.78 is 10.5. The third kappa shape index (κ3) is 2.05. The Kier molecular flexibility index (Phi) is 2.56. The van der Waals surface area contributed by atoms with Gasteiger partial charge in [-0.1, -0.05) is 5.16 Å². The van der Waals surface area contributed by atoms with Crippen molar-refractivity contribution in [1.29, 1.82) is 0 Å². The average molecular weight is 183 g/mol. The van der Waals surface area contributed by atoms with Crippen LogP contribution in [0.3, 0.4) is 0 Å². The Morgan fingerprint density at radius 1 is 1.54 bits per heavy atom. The van der Waals surface area contributed by atoms with Crippen molar-refractivity contribution in [2.24, 2.45) is 0 Å². The predicted molar refractivity (Wildman–Crippen MR) is 45.5 cm³/mol. The molecule has 72 valence electrons. The maximum Gasteiger partial charge on any atom is 0.233 e. The molecule has 0 bridgehead atoms. The van der Waals surface area contributed by atoms with Crippen LogP contribution < -0.4 is 5.32 Å². The zero-order valence-electron chi connectivity index (χ0n) is 7.62. The van der Waals surface area contributed by atoms with Crippen molar-refractivity contribution in [2.75, 3.05) is 26.3 Å². The van der Waals surface area contributed by atoms with E-state index in [9.17, 15) is 0 Å². The molecule has 1 aliphatic heterocycles. The number of rotatable bonds is 1. The Hall–Kier alpha value is -0.940. The SMILES string of the molecule is Cc1noc(C2CNCCOC2)n1. The maximum atomic E-state index is 5.38. The molecule has 0 aromatic carbocycles. The molecule has 1 unspecified atom stereocenters. The highest BCUT2D eigenvalue weighted by Gasteiger charge is 2.19. The maximum absolute atomic E-state index is 5.38. The zero-order valence-corrected chi connectivity index (χ0v) is 7.62. The van der Waals surface area contributed by atoms with Gasteiger partial charge in [0.15, 0.2) is 5.82 Å². The number of aromatic nitrogens is 2. The summed E-state index contributed by atoms with van der Waals surface area (Å²) in [5.41, 5.74) is 0. The highest BCUT2D eigenvalue weighted by molar-refractivity contribution is 4.94. The van der Waals surface area contributed by atoms with Crippen LogP contribution in [0.4, 0.5) is 0 Å². The van der Waals surface area contributed by atoms with Gasteiger partial charge in [-0.15, -0.1) is 0 Å². The molecule has 2 rings (SSSR count). The summed E-state index contributed by atoms with van der Waals surface area (Å²) in [6.45, 7) is 4.97. The van der Waals surface area contributed by atoms with Crippen molar-refractivity contribution in [3.63, 3.8) is 0 Å². The highest BCUT2D eigenvalue weighted by atomic mass is 16.5. The van der Waals surface area contributed by atoms with E-state index in [1.54, 1.807) is 0 Å². The summed E-state index contributed by atoms with van der Waals surface area (Å²) in [5.74, 6) is 1.55. The second kappa shape index (κ2) is 3.85. The van der Waals surface area contributed by atoms with Crippen molar-refractivity contribution in [2.45, 2.75) is 12.8 Å². The molecule has 0 spiro atoms. The molecular formula is C8H13N3O2. The van der Waals surface area contributed by atoms with Crippen molar-refractivity contribution < 1.29 is 9.26 Å². The van der Waals surface area contributed by atoms with Crippen LogP contribution in [0, 0.1) is 6.92 Å². The number of ether oxygens (including phenoxy) is 1. The fourth-order valence-electron chi connectivity index (χ4n) is 1.34. The fraction of sp³-hybridized carbons (Fsp3) is 0.750. The summed E-state index contributed by atoms with van der Waals surface area (Å²) in [7, 11) is 0. The van der Waals surface area contributed by atoms with Crippen LogP contribution in [0.2, 0.25) is 0 Å². The van der Waals surface area contributed by atoms with Crippen LogP contribution in [-0.2, 0) is 4.74 Å². The topological polar surface area (TPSA) is 60.2 Å². The first-order chi connectivity index (χ1) is 6.36. The molecule has 13 heavy (non-hydrogen) atoms. The number of nitrogens with zero attached hydrogens (tertiary/aromatic N) is 2. The normalized spacial score (nSPS) is 24.2. The Labute approximate surface area is 76.5 Å². The van der Waals surface area contributed by atoms with E-state index in [0.29, 0.717) is 18.3 Å². The molecule has 1 aromatic rings. The molecule has 1 aromatic heterocycles. The molecule has 0 radical (unpaired) electrons. The van der Waals surface area contributed by atoms with Crippen LogP contribution in [0.15, 0.2) is 4.52 Å². The predicted octanol–water partition coefficient (Wildman–Crippen LogP) is 0.0814. The number of aryl methyl sites for hydroxylation is 1. The molecule has 1 aliphatic rings. The lowest BCUT2D eigenvalue weighted by molar-refractivity contribution is 0.133. The Morgan fingerprint density at radius 2 is 2.46 bits per heavy atom. The van der Waals surface area contributed by atoms with E-state index in [1.807, 2.05) is 6.92 Å². The molecule has 0 aliphatic carbocycles. The Bertz CT molecular complexity index is 266. The van der Waals surface area contributed by atoms with Gasteiger partial charge in [-0.2, -0.15) is 4.98 Å². The van der Waals surface area contributed by atoms with E-state index in [-0.39, 0.29) is 5.92 Å². The summed E-state index contributed by atoms with van der Waals surface area (Å²) in [4.78, 5) is 4.18. The third-order valence-electron chi connectivity index (χ3n) is 2.03. The fourth-order valence-corrected chi connectivity index (χ4v) is 1.34. The van der Waals surface area contributed by atoms with Gasteiger partial charge in [-0.3, -0.25) is 0 Å². The van der Waals surface area contributed by atoms with Crippen molar-refractivity contribution in [3.8, 4) is 0 Å². The second-order valence-corrected chi connectivity index (χ2v) is 3.16. The van der Waals surface area contributed by atoms with E-state index in [1.165, 1.54) is 0 Å². The van der Waals surface area contributed by atoms with E-state index < -0.39 is 0 Å². The van der Waals surface area contributed by atoms with Gasteiger partial charge >= 0.3 is 0 Å². The quantitative estimate of drug-likeness (QED) is 0.668. The largest absolute Gasteiger partial charge is 0.379 e. The molecule has 1 saturated heterocycles.